The molecule has 10 nitrogen and oxygen atoms in total. The minimum absolute atomic E-state index is 0.00970. The number of piperidine rings is 1. The maximum atomic E-state index is 12.3. The van der Waals surface area contributed by atoms with E-state index in [1.54, 1.807) is 4.90 Å². The lowest BCUT2D eigenvalue weighted by Crippen LogP contribution is -2.45. The smallest absolute Gasteiger partial charge is 0.410 e. The van der Waals surface area contributed by atoms with E-state index in [4.69, 9.17) is 4.74 Å². The number of aliphatic imine (C=N–C) groups is 1. The predicted molar refractivity (Wildman–Crippen MR) is 93.2 cm³/mol. The Morgan fingerprint density at radius 2 is 1.88 bits per heavy atom. The maximum absolute atomic E-state index is 12.3. The van der Waals surface area contributed by atoms with Gasteiger partial charge < -0.3 is 14.5 Å². The Hall–Kier alpha value is -2.01. The van der Waals surface area contributed by atoms with Gasteiger partial charge >= 0.3 is 6.09 Å². The van der Waals surface area contributed by atoms with Crippen LogP contribution in [-0.4, -0.2) is 87.4 Å². The first-order valence-electron chi connectivity index (χ1n) is 8.41. The van der Waals surface area contributed by atoms with Gasteiger partial charge in [0.15, 0.2) is 0 Å². The lowest BCUT2D eigenvalue weighted by atomic mass is 10.1. The summed E-state index contributed by atoms with van der Waals surface area (Å²) < 4.78 is 29.8. The number of ether oxygens (including phenoxy) is 1. The molecule has 2 fully saturated rings. The molecule has 0 aromatic heterocycles. The summed E-state index contributed by atoms with van der Waals surface area (Å²) in [6.07, 6.45) is 2.85. The van der Waals surface area contributed by atoms with Crippen LogP contribution in [0.5, 0.6) is 0 Å². The lowest BCUT2D eigenvalue weighted by molar-refractivity contribution is -0.136. The monoisotopic (exact) mass is 388 g/mol. The summed E-state index contributed by atoms with van der Waals surface area (Å²) in [5.74, 6) is -1.21. The van der Waals surface area contributed by atoms with Crippen molar-refractivity contribution in [2.45, 2.75) is 37.8 Å². The van der Waals surface area contributed by atoms with Crippen LogP contribution >= 0.6 is 0 Å². The highest BCUT2D eigenvalue weighted by atomic mass is 32.2. The van der Waals surface area contributed by atoms with Crippen molar-refractivity contribution in [3.05, 3.63) is 0 Å². The molecule has 2 aliphatic rings. The number of hydrogen-bond acceptors (Lipinski definition) is 6. The van der Waals surface area contributed by atoms with E-state index in [0.29, 0.717) is 13.1 Å². The van der Waals surface area contributed by atoms with Crippen molar-refractivity contribution in [1.82, 2.24) is 14.5 Å². The largest absolute Gasteiger partial charge is 0.444 e. The average molecular weight is 388 g/mol. The molecular formula is C15H24N4O6S. The van der Waals surface area contributed by atoms with Gasteiger partial charge in [-0.15, -0.1) is 0 Å². The number of carbonyl (C=O) groups is 3. The molecule has 0 aliphatic carbocycles. The molecule has 1 N–H and O–H groups in total. The second-order valence-corrected chi connectivity index (χ2v) is 8.27. The molecule has 11 heteroatoms. The number of carbonyl (C=O) groups excluding carboxylic acids is 3. The first kappa shape index (κ1) is 20.3. The fourth-order valence-electron chi connectivity index (χ4n) is 3.09. The third-order valence-corrected chi connectivity index (χ3v) is 5.06. The van der Waals surface area contributed by atoms with E-state index >= 15 is 0 Å². The summed E-state index contributed by atoms with van der Waals surface area (Å²) in [7, 11) is -3.55. The van der Waals surface area contributed by atoms with E-state index < -0.39 is 46.6 Å². The fourth-order valence-corrected chi connectivity index (χ4v) is 3.47. The van der Waals surface area contributed by atoms with Gasteiger partial charge in [0.1, 0.15) is 12.1 Å². The number of likely N-dealkylation sites (tertiary alicyclic amines) is 2. The Morgan fingerprint density at radius 1 is 1.23 bits per heavy atom. The number of rotatable bonds is 5. The van der Waals surface area contributed by atoms with Crippen LogP contribution in [0, 0.1) is 0 Å². The molecule has 3 amide bonds. The lowest BCUT2D eigenvalue weighted by Gasteiger charge is -2.27. The van der Waals surface area contributed by atoms with Gasteiger partial charge in [-0.05, 0) is 26.0 Å². The van der Waals surface area contributed by atoms with Crippen molar-refractivity contribution in [2.75, 3.05) is 32.4 Å². The quantitative estimate of drug-likeness (QED) is 0.624. The molecule has 26 heavy (non-hydrogen) atoms. The van der Waals surface area contributed by atoms with Crippen molar-refractivity contribution in [3.63, 3.8) is 0 Å². The zero-order chi connectivity index (χ0) is 19.3. The first-order chi connectivity index (χ1) is 12.2. The number of amides is 3. The SMILES string of the molecule is C=NC(=O)[C@@H]1C[C@@H](OC(=O)N2CCCCC2)CN1C(=O)CNS(C)(=O)=O. The Bertz CT molecular complexity index is 674. The standard InChI is InChI=1S/C15H24N4O6S/c1-16-14(21)12-8-11(25-15(22)18-6-4-3-5-7-18)10-19(12)13(20)9-17-26(2,23)24/h11-12,17H,1,3-10H2,2H3/t11-,12+/m1/s1. The molecule has 0 aromatic carbocycles. The van der Waals surface area contributed by atoms with Gasteiger partial charge in [-0.3, -0.25) is 9.59 Å². The Labute approximate surface area is 152 Å². The number of sulfonamides is 1. The highest BCUT2D eigenvalue weighted by molar-refractivity contribution is 7.88. The summed E-state index contributed by atoms with van der Waals surface area (Å²) in [6.45, 7) is 3.96. The fraction of sp³-hybridized carbons (Fsp3) is 0.733. The van der Waals surface area contributed by atoms with Crippen molar-refractivity contribution >= 4 is 34.6 Å². The number of nitrogens with zero attached hydrogens (tertiary/aromatic N) is 3. The van der Waals surface area contributed by atoms with E-state index in [1.807, 2.05) is 0 Å². The third-order valence-electron chi connectivity index (χ3n) is 4.39. The van der Waals surface area contributed by atoms with Gasteiger partial charge in [0.2, 0.25) is 15.9 Å². The van der Waals surface area contributed by atoms with Crippen molar-refractivity contribution in [3.8, 4) is 0 Å². The first-order valence-corrected chi connectivity index (χ1v) is 10.3. The molecule has 2 aliphatic heterocycles. The molecule has 146 valence electrons. The van der Waals surface area contributed by atoms with Crippen LogP contribution in [-0.2, 0) is 24.3 Å². The highest BCUT2D eigenvalue weighted by Crippen LogP contribution is 2.23. The molecular weight excluding hydrogens is 364 g/mol. The van der Waals surface area contributed by atoms with E-state index in [9.17, 15) is 22.8 Å². The van der Waals surface area contributed by atoms with Crippen LogP contribution in [0.2, 0.25) is 0 Å². The van der Waals surface area contributed by atoms with Gasteiger partial charge in [-0.2, -0.15) is 0 Å². The second-order valence-electron chi connectivity index (χ2n) is 6.44. The van der Waals surface area contributed by atoms with Crippen molar-refractivity contribution in [2.24, 2.45) is 4.99 Å². The van der Waals surface area contributed by atoms with Crippen LogP contribution in [0.4, 0.5) is 4.79 Å². The summed E-state index contributed by atoms with van der Waals surface area (Å²) in [4.78, 5) is 42.6. The van der Waals surface area contributed by atoms with Crippen LogP contribution in [0.15, 0.2) is 4.99 Å². The van der Waals surface area contributed by atoms with Gasteiger partial charge in [0.05, 0.1) is 19.3 Å². The average Bonchev–Trinajstić information content (AvgIpc) is 3.03. The highest BCUT2D eigenvalue weighted by Gasteiger charge is 2.41. The van der Waals surface area contributed by atoms with Crippen LogP contribution in [0.25, 0.3) is 0 Å². The summed E-state index contributed by atoms with van der Waals surface area (Å²) in [5, 5.41) is 0. The zero-order valence-corrected chi connectivity index (χ0v) is 15.5. The zero-order valence-electron chi connectivity index (χ0n) is 14.7. The molecule has 0 bridgehead atoms. The minimum atomic E-state index is -3.55. The van der Waals surface area contributed by atoms with Gasteiger partial charge in [0.25, 0.3) is 5.91 Å². The minimum Gasteiger partial charge on any atom is -0.444 e. The van der Waals surface area contributed by atoms with E-state index in [1.165, 1.54) is 4.90 Å². The summed E-state index contributed by atoms with van der Waals surface area (Å²) in [5.41, 5.74) is 0. The molecule has 0 spiro atoms. The second kappa shape index (κ2) is 8.58. The van der Waals surface area contributed by atoms with E-state index in [2.05, 4.69) is 16.4 Å². The molecule has 2 saturated heterocycles. The maximum Gasteiger partial charge on any atom is 0.410 e. The Kier molecular flexibility index (Phi) is 6.70. The molecule has 2 rings (SSSR count). The summed E-state index contributed by atoms with van der Waals surface area (Å²) >= 11 is 0. The summed E-state index contributed by atoms with van der Waals surface area (Å²) in [6, 6.07) is -0.916. The molecule has 0 radical (unpaired) electrons. The molecule has 0 aromatic rings. The molecule has 2 heterocycles. The van der Waals surface area contributed by atoms with Gasteiger partial charge in [-0.1, -0.05) is 0 Å². The molecule has 2 atom stereocenters. The van der Waals surface area contributed by atoms with Crippen LogP contribution in [0.1, 0.15) is 25.7 Å². The van der Waals surface area contributed by atoms with Crippen molar-refractivity contribution < 1.29 is 27.5 Å². The molecule has 0 saturated carbocycles. The van der Waals surface area contributed by atoms with Gasteiger partial charge in [-0.25, -0.2) is 22.9 Å². The Balaban J connectivity index is 2.00. The molecule has 0 unspecified atom stereocenters. The van der Waals surface area contributed by atoms with Crippen LogP contribution in [0.3, 0.4) is 0 Å². The number of nitrogens with one attached hydrogen (secondary N) is 1. The topological polar surface area (TPSA) is 125 Å². The van der Waals surface area contributed by atoms with Crippen LogP contribution < -0.4 is 4.72 Å². The predicted octanol–water partition coefficient (Wildman–Crippen LogP) is -0.645. The van der Waals surface area contributed by atoms with E-state index in [0.717, 1.165) is 25.5 Å². The third kappa shape index (κ3) is 5.49. The number of hydrogen-bond donors (Lipinski definition) is 1. The Morgan fingerprint density at radius 3 is 2.46 bits per heavy atom. The van der Waals surface area contributed by atoms with E-state index in [-0.39, 0.29) is 13.0 Å². The normalized spacial score (nSPS) is 23.6. The van der Waals surface area contributed by atoms with Crippen molar-refractivity contribution in [1.29, 1.82) is 0 Å². The van der Waals surface area contributed by atoms with Gasteiger partial charge in [0, 0.05) is 19.5 Å².